The summed E-state index contributed by atoms with van der Waals surface area (Å²) in [6, 6.07) is 14.5. The molecule has 0 saturated carbocycles. The number of thiophene rings is 1. The first-order valence-corrected chi connectivity index (χ1v) is 8.01. The molecule has 0 atom stereocenters. The van der Waals surface area contributed by atoms with E-state index in [0.717, 1.165) is 30.8 Å². The van der Waals surface area contributed by atoms with Crippen LogP contribution < -0.4 is 10.1 Å². The monoisotopic (exact) mass is 298 g/mol. The van der Waals surface area contributed by atoms with Crippen LogP contribution in [0.2, 0.25) is 0 Å². The summed E-state index contributed by atoms with van der Waals surface area (Å²) in [6.07, 6.45) is 2.77. The molecule has 0 aliphatic carbocycles. The lowest BCUT2D eigenvalue weighted by atomic mass is 10.2. The Morgan fingerprint density at radius 1 is 1.10 bits per heavy atom. The van der Waals surface area contributed by atoms with Crippen molar-refractivity contribution in [2.24, 2.45) is 0 Å². The topological polar surface area (TPSA) is 34.1 Å². The number of rotatable bonds is 7. The van der Waals surface area contributed by atoms with E-state index >= 15 is 0 Å². The molecule has 108 valence electrons. The van der Waals surface area contributed by atoms with Crippen molar-refractivity contribution in [3.05, 3.63) is 59.6 Å². The molecule has 4 heteroatoms. The molecule has 0 aliphatic rings. The summed E-state index contributed by atoms with van der Waals surface area (Å²) >= 11 is 1.71. The maximum Gasteiger partial charge on any atom is 0.222 e. The Morgan fingerprint density at radius 3 is 2.90 bits per heavy atom. The Morgan fingerprint density at radius 2 is 2.00 bits per heavy atom. The quantitative estimate of drug-likeness (QED) is 0.673. The van der Waals surface area contributed by atoms with E-state index in [1.807, 2.05) is 18.3 Å². The van der Waals surface area contributed by atoms with E-state index in [4.69, 9.17) is 4.74 Å². The molecule has 0 unspecified atom stereocenters. The molecule has 1 aromatic carbocycles. The molecule has 3 rings (SSSR count). The summed E-state index contributed by atoms with van der Waals surface area (Å²) in [4.78, 5) is 4.31. The van der Waals surface area contributed by atoms with Gasteiger partial charge in [0.05, 0.1) is 12.0 Å². The third-order valence-corrected chi connectivity index (χ3v) is 4.13. The van der Waals surface area contributed by atoms with E-state index in [1.54, 1.807) is 11.3 Å². The van der Waals surface area contributed by atoms with Crippen molar-refractivity contribution in [2.45, 2.75) is 13.0 Å². The van der Waals surface area contributed by atoms with Gasteiger partial charge < -0.3 is 10.1 Å². The smallest absolute Gasteiger partial charge is 0.222 e. The van der Waals surface area contributed by atoms with Gasteiger partial charge >= 0.3 is 0 Å². The van der Waals surface area contributed by atoms with E-state index in [0.29, 0.717) is 6.61 Å². The van der Waals surface area contributed by atoms with Crippen LogP contribution in [0.1, 0.15) is 12.0 Å². The molecular formula is C17H18N2OS. The first-order valence-electron chi connectivity index (χ1n) is 7.13. The minimum atomic E-state index is 0.684. The van der Waals surface area contributed by atoms with Crippen LogP contribution >= 0.6 is 11.3 Å². The van der Waals surface area contributed by atoms with E-state index in [1.165, 1.54) is 10.3 Å². The van der Waals surface area contributed by atoms with E-state index in [9.17, 15) is 0 Å². The van der Waals surface area contributed by atoms with Gasteiger partial charge in [0.2, 0.25) is 5.88 Å². The fraction of sp³-hybridized carbons (Fsp3) is 0.235. The third-order valence-electron chi connectivity index (χ3n) is 3.25. The van der Waals surface area contributed by atoms with Gasteiger partial charge in [0.1, 0.15) is 0 Å². The lowest BCUT2D eigenvalue weighted by molar-refractivity contribution is 0.300. The van der Waals surface area contributed by atoms with Crippen molar-refractivity contribution in [2.75, 3.05) is 13.2 Å². The highest BCUT2D eigenvalue weighted by molar-refractivity contribution is 7.17. The van der Waals surface area contributed by atoms with Gasteiger partial charge in [0.15, 0.2) is 0 Å². The minimum Gasteiger partial charge on any atom is -0.477 e. The third kappa shape index (κ3) is 3.80. The van der Waals surface area contributed by atoms with Crippen molar-refractivity contribution >= 4 is 21.4 Å². The molecule has 0 radical (unpaired) electrons. The second-order valence-corrected chi connectivity index (χ2v) is 5.76. The van der Waals surface area contributed by atoms with Crippen LogP contribution in [-0.4, -0.2) is 18.1 Å². The standard InChI is InChI=1S/C17H18N2OS/c1-2-5-14(6-3-1)13-18-9-4-11-20-17-15-8-12-21-16(15)7-10-19-17/h1-3,5-8,10,12,18H,4,9,11,13H2. The summed E-state index contributed by atoms with van der Waals surface area (Å²) in [6.45, 7) is 2.53. The highest BCUT2D eigenvalue weighted by atomic mass is 32.1. The molecule has 1 N–H and O–H groups in total. The average molecular weight is 298 g/mol. The first kappa shape index (κ1) is 14.0. The summed E-state index contributed by atoms with van der Waals surface area (Å²) in [5.41, 5.74) is 1.31. The summed E-state index contributed by atoms with van der Waals surface area (Å²) in [5, 5.41) is 6.60. The second-order valence-electron chi connectivity index (χ2n) is 4.81. The molecule has 0 aliphatic heterocycles. The zero-order chi connectivity index (χ0) is 14.3. The molecule has 0 bridgehead atoms. The lowest BCUT2D eigenvalue weighted by Gasteiger charge is -2.07. The van der Waals surface area contributed by atoms with Crippen LogP contribution in [0, 0.1) is 0 Å². The minimum absolute atomic E-state index is 0.684. The SMILES string of the molecule is c1ccc(CNCCCOc2nccc3sccc23)cc1. The number of aromatic nitrogens is 1. The highest BCUT2D eigenvalue weighted by Gasteiger charge is 2.03. The number of fused-ring (bicyclic) bond motifs is 1. The Hall–Kier alpha value is -1.91. The number of hydrogen-bond donors (Lipinski definition) is 1. The maximum atomic E-state index is 5.79. The number of benzene rings is 1. The summed E-state index contributed by atoms with van der Waals surface area (Å²) < 4.78 is 7.01. The molecule has 3 nitrogen and oxygen atoms in total. The maximum absolute atomic E-state index is 5.79. The molecule has 0 fully saturated rings. The lowest BCUT2D eigenvalue weighted by Crippen LogP contribution is -2.17. The van der Waals surface area contributed by atoms with E-state index in [-0.39, 0.29) is 0 Å². The van der Waals surface area contributed by atoms with Crippen LogP contribution in [0.25, 0.3) is 10.1 Å². The predicted molar refractivity (Wildman–Crippen MR) is 87.9 cm³/mol. The predicted octanol–water partition coefficient (Wildman–Crippen LogP) is 3.86. The first-order chi connectivity index (χ1) is 10.4. The zero-order valence-corrected chi connectivity index (χ0v) is 12.6. The van der Waals surface area contributed by atoms with Gasteiger partial charge in [-0.3, -0.25) is 0 Å². The van der Waals surface area contributed by atoms with Crippen LogP contribution in [0.3, 0.4) is 0 Å². The molecule has 2 aromatic heterocycles. The van der Waals surface area contributed by atoms with Crippen molar-refractivity contribution in [1.82, 2.24) is 10.3 Å². The Bertz CT molecular complexity index is 681. The molecule has 3 aromatic rings. The zero-order valence-electron chi connectivity index (χ0n) is 11.8. The Labute approximate surface area is 128 Å². The van der Waals surface area contributed by atoms with Crippen LogP contribution in [0.4, 0.5) is 0 Å². The average Bonchev–Trinajstić information content (AvgIpc) is 3.01. The van der Waals surface area contributed by atoms with Gasteiger partial charge in [-0.25, -0.2) is 4.98 Å². The molecule has 0 saturated heterocycles. The van der Waals surface area contributed by atoms with Crippen molar-refractivity contribution in [3.8, 4) is 5.88 Å². The number of pyridine rings is 1. The molecule has 2 heterocycles. The van der Waals surface area contributed by atoms with Gasteiger partial charge in [-0.15, -0.1) is 11.3 Å². The number of ether oxygens (including phenoxy) is 1. The molecular weight excluding hydrogens is 280 g/mol. The molecule has 0 amide bonds. The van der Waals surface area contributed by atoms with Gasteiger partial charge in [-0.1, -0.05) is 30.3 Å². The van der Waals surface area contributed by atoms with Crippen LogP contribution in [0.5, 0.6) is 5.88 Å². The van der Waals surface area contributed by atoms with Gasteiger partial charge in [-0.2, -0.15) is 0 Å². The summed E-state index contributed by atoms with van der Waals surface area (Å²) in [7, 11) is 0. The second kappa shape index (κ2) is 7.20. The van der Waals surface area contributed by atoms with Crippen LogP contribution in [-0.2, 0) is 6.54 Å². The van der Waals surface area contributed by atoms with Crippen LogP contribution in [0.15, 0.2) is 54.0 Å². The van der Waals surface area contributed by atoms with E-state index in [2.05, 4.69) is 46.0 Å². The highest BCUT2D eigenvalue weighted by Crippen LogP contribution is 2.27. The Kier molecular flexibility index (Phi) is 4.82. The van der Waals surface area contributed by atoms with Crippen molar-refractivity contribution < 1.29 is 4.74 Å². The molecule has 0 spiro atoms. The fourth-order valence-corrected chi connectivity index (χ4v) is 2.95. The number of nitrogens with zero attached hydrogens (tertiary/aromatic N) is 1. The fourth-order valence-electron chi connectivity index (χ4n) is 2.18. The normalized spacial score (nSPS) is 10.9. The summed E-state index contributed by atoms with van der Waals surface area (Å²) in [5.74, 6) is 0.747. The molecule has 21 heavy (non-hydrogen) atoms. The number of nitrogens with one attached hydrogen (secondary N) is 1. The van der Waals surface area contributed by atoms with E-state index < -0.39 is 0 Å². The van der Waals surface area contributed by atoms with Gasteiger partial charge in [0.25, 0.3) is 0 Å². The van der Waals surface area contributed by atoms with Crippen molar-refractivity contribution in [3.63, 3.8) is 0 Å². The Balaban J connectivity index is 1.40. The van der Waals surface area contributed by atoms with Crippen molar-refractivity contribution in [1.29, 1.82) is 0 Å². The largest absolute Gasteiger partial charge is 0.477 e. The van der Waals surface area contributed by atoms with Gasteiger partial charge in [0, 0.05) is 17.4 Å². The number of hydrogen-bond acceptors (Lipinski definition) is 4. The van der Waals surface area contributed by atoms with Gasteiger partial charge in [-0.05, 0) is 36.0 Å².